The molecule has 1 aromatic heterocycles. The topological polar surface area (TPSA) is 64.1 Å². The summed E-state index contributed by atoms with van der Waals surface area (Å²) in [7, 11) is 0. The summed E-state index contributed by atoms with van der Waals surface area (Å²) >= 11 is 5.95. The second kappa shape index (κ2) is 7.15. The van der Waals surface area contributed by atoms with Crippen LogP contribution in [0.25, 0.3) is 0 Å². The van der Waals surface area contributed by atoms with E-state index in [0.29, 0.717) is 5.82 Å². The van der Waals surface area contributed by atoms with Crippen LogP contribution in [-0.4, -0.2) is 15.9 Å². The number of rotatable bonds is 5. The van der Waals surface area contributed by atoms with Crippen molar-refractivity contribution in [1.82, 2.24) is 15.4 Å². The highest BCUT2D eigenvalue weighted by Gasteiger charge is 2.15. The van der Waals surface area contributed by atoms with E-state index in [9.17, 15) is 4.79 Å². The second-order valence-corrected chi connectivity index (χ2v) is 5.19. The van der Waals surface area contributed by atoms with Crippen LogP contribution in [0.1, 0.15) is 41.6 Å². The Labute approximate surface area is 128 Å². The van der Waals surface area contributed by atoms with Crippen molar-refractivity contribution in [3.8, 4) is 0 Å². The molecule has 1 N–H and O–H groups in total. The number of benzene rings is 1. The minimum absolute atomic E-state index is 0.110. The fourth-order valence-electron chi connectivity index (χ4n) is 1.63. The highest BCUT2D eigenvalue weighted by molar-refractivity contribution is 6.33. The lowest BCUT2D eigenvalue weighted by Gasteiger charge is -2.09. The van der Waals surface area contributed by atoms with Crippen molar-refractivity contribution in [3.63, 3.8) is 0 Å². The molecule has 5 nitrogen and oxygen atoms in total. The molecule has 0 fully saturated rings. The molecule has 2 rings (SSSR count). The van der Waals surface area contributed by atoms with Gasteiger partial charge in [0.2, 0.25) is 0 Å². The first-order valence-electron chi connectivity index (χ1n) is 6.56. The van der Waals surface area contributed by atoms with Crippen molar-refractivity contribution in [3.05, 3.63) is 58.6 Å². The fraction of sp³-hybridized carbons (Fsp3) is 0.267. The summed E-state index contributed by atoms with van der Waals surface area (Å²) in [6, 6.07) is 9.52. The van der Waals surface area contributed by atoms with Crippen LogP contribution >= 0.6 is 11.6 Å². The number of hydrogen-bond donors (Lipinski definition) is 1. The van der Waals surface area contributed by atoms with Crippen LogP contribution in [0.4, 0.5) is 0 Å². The van der Waals surface area contributed by atoms with Gasteiger partial charge in [0.1, 0.15) is 5.82 Å². The third-order valence-electron chi connectivity index (χ3n) is 2.74. The highest BCUT2D eigenvalue weighted by atomic mass is 35.5. The number of carbonyl (C=O) groups excluding carboxylic acids is 1. The number of nitrogens with zero attached hydrogens (tertiary/aromatic N) is 2. The molecule has 2 aromatic rings. The van der Waals surface area contributed by atoms with Gasteiger partial charge in [0.05, 0.1) is 17.8 Å². The molecule has 0 aliphatic rings. The number of amides is 1. The maximum absolute atomic E-state index is 12.0. The maximum Gasteiger partial charge on any atom is 0.295 e. The van der Waals surface area contributed by atoms with Gasteiger partial charge in [0.25, 0.3) is 5.91 Å². The summed E-state index contributed by atoms with van der Waals surface area (Å²) < 4.78 is 0. The van der Waals surface area contributed by atoms with E-state index in [-0.39, 0.29) is 23.2 Å². The van der Waals surface area contributed by atoms with Crippen molar-refractivity contribution < 1.29 is 9.63 Å². The van der Waals surface area contributed by atoms with Crippen molar-refractivity contribution in [1.29, 1.82) is 0 Å². The summed E-state index contributed by atoms with van der Waals surface area (Å²) in [5.74, 6) is 0.187. The quantitative estimate of drug-likeness (QED) is 0.862. The Morgan fingerprint density at radius 2 is 2.05 bits per heavy atom. The Morgan fingerprint density at radius 1 is 1.33 bits per heavy atom. The molecule has 0 aliphatic carbocycles. The smallest absolute Gasteiger partial charge is 0.269 e. The number of carbonyl (C=O) groups is 1. The second-order valence-electron chi connectivity index (χ2n) is 4.78. The van der Waals surface area contributed by atoms with E-state index in [1.807, 2.05) is 44.2 Å². The molecule has 0 unspecified atom stereocenters. The Balaban J connectivity index is 1.98. The van der Waals surface area contributed by atoms with Gasteiger partial charge in [0.15, 0.2) is 5.69 Å². The van der Waals surface area contributed by atoms with Gasteiger partial charge in [-0.3, -0.25) is 9.63 Å². The van der Waals surface area contributed by atoms with Crippen LogP contribution < -0.4 is 5.48 Å². The Morgan fingerprint density at radius 3 is 2.71 bits per heavy atom. The standard InChI is InChI=1S/C15H16ClN3O2/c1-10(2)14-17-8-12(16)13(18-14)15(20)19-21-9-11-6-4-3-5-7-11/h3-8,10H,9H2,1-2H3,(H,19,20). The molecule has 0 aliphatic heterocycles. The lowest BCUT2D eigenvalue weighted by Crippen LogP contribution is -2.25. The van der Waals surface area contributed by atoms with E-state index in [4.69, 9.17) is 16.4 Å². The zero-order valence-electron chi connectivity index (χ0n) is 11.8. The van der Waals surface area contributed by atoms with Crippen molar-refractivity contribution in [2.45, 2.75) is 26.4 Å². The SMILES string of the molecule is CC(C)c1ncc(Cl)c(C(=O)NOCc2ccccc2)n1. The van der Waals surface area contributed by atoms with Crippen molar-refractivity contribution in [2.75, 3.05) is 0 Å². The molecular formula is C15H16ClN3O2. The normalized spacial score (nSPS) is 10.7. The molecule has 0 spiro atoms. The summed E-state index contributed by atoms with van der Waals surface area (Å²) in [6.07, 6.45) is 1.43. The first-order chi connectivity index (χ1) is 10.1. The molecule has 0 atom stereocenters. The number of hydrogen-bond acceptors (Lipinski definition) is 4. The van der Waals surface area contributed by atoms with Crippen LogP contribution in [-0.2, 0) is 11.4 Å². The van der Waals surface area contributed by atoms with Gasteiger partial charge in [0, 0.05) is 5.92 Å². The largest absolute Gasteiger partial charge is 0.295 e. The predicted octanol–water partition coefficient (Wildman–Crippen LogP) is 3.12. The monoisotopic (exact) mass is 305 g/mol. The Kier molecular flexibility index (Phi) is 5.25. The first-order valence-corrected chi connectivity index (χ1v) is 6.94. The van der Waals surface area contributed by atoms with Gasteiger partial charge < -0.3 is 0 Å². The van der Waals surface area contributed by atoms with E-state index in [2.05, 4.69) is 15.4 Å². The fourth-order valence-corrected chi connectivity index (χ4v) is 1.80. The third kappa shape index (κ3) is 4.24. The highest BCUT2D eigenvalue weighted by Crippen LogP contribution is 2.16. The average Bonchev–Trinajstić information content (AvgIpc) is 2.48. The molecule has 1 aromatic carbocycles. The first kappa shape index (κ1) is 15.4. The molecule has 6 heteroatoms. The van der Waals surface area contributed by atoms with E-state index in [0.717, 1.165) is 5.56 Å². The van der Waals surface area contributed by atoms with Gasteiger partial charge in [-0.2, -0.15) is 0 Å². The van der Waals surface area contributed by atoms with Gasteiger partial charge in [-0.1, -0.05) is 55.8 Å². The Bertz CT molecular complexity index is 618. The lowest BCUT2D eigenvalue weighted by molar-refractivity contribution is 0.0229. The molecule has 0 saturated carbocycles. The third-order valence-corrected chi connectivity index (χ3v) is 3.02. The number of halogens is 1. The molecule has 110 valence electrons. The minimum Gasteiger partial charge on any atom is -0.269 e. The van der Waals surface area contributed by atoms with Gasteiger partial charge in [-0.25, -0.2) is 15.4 Å². The van der Waals surface area contributed by atoms with Gasteiger partial charge in [-0.05, 0) is 5.56 Å². The molecule has 1 amide bonds. The van der Waals surface area contributed by atoms with Crippen LogP contribution in [0, 0.1) is 0 Å². The number of nitrogens with one attached hydrogen (secondary N) is 1. The summed E-state index contributed by atoms with van der Waals surface area (Å²) in [6.45, 7) is 4.15. The molecule has 21 heavy (non-hydrogen) atoms. The number of hydroxylamine groups is 1. The molecule has 0 bridgehead atoms. The molecule has 1 heterocycles. The molecule has 0 saturated heterocycles. The summed E-state index contributed by atoms with van der Waals surface area (Å²) in [5.41, 5.74) is 3.41. The number of aromatic nitrogens is 2. The van der Waals surface area contributed by atoms with Crippen LogP contribution in [0.5, 0.6) is 0 Å². The summed E-state index contributed by atoms with van der Waals surface area (Å²) in [5, 5.41) is 0.195. The predicted molar refractivity (Wildman–Crippen MR) is 79.8 cm³/mol. The minimum atomic E-state index is -0.486. The van der Waals surface area contributed by atoms with Crippen molar-refractivity contribution in [2.24, 2.45) is 0 Å². The molecular weight excluding hydrogens is 290 g/mol. The van der Waals surface area contributed by atoms with Gasteiger partial charge >= 0.3 is 0 Å². The average molecular weight is 306 g/mol. The zero-order valence-corrected chi connectivity index (χ0v) is 12.6. The van der Waals surface area contributed by atoms with E-state index in [1.54, 1.807) is 0 Å². The lowest BCUT2D eigenvalue weighted by atomic mass is 10.2. The Hall–Kier alpha value is -1.98. The van der Waals surface area contributed by atoms with Crippen LogP contribution in [0.15, 0.2) is 36.5 Å². The van der Waals surface area contributed by atoms with E-state index < -0.39 is 5.91 Å². The van der Waals surface area contributed by atoms with Crippen LogP contribution in [0.2, 0.25) is 5.02 Å². The molecule has 0 radical (unpaired) electrons. The van der Waals surface area contributed by atoms with E-state index in [1.165, 1.54) is 6.20 Å². The zero-order chi connectivity index (χ0) is 15.2. The summed E-state index contributed by atoms with van der Waals surface area (Å²) in [4.78, 5) is 25.4. The van der Waals surface area contributed by atoms with Crippen molar-refractivity contribution >= 4 is 17.5 Å². The van der Waals surface area contributed by atoms with E-state index >= 15 is 0 Å². The van der Waals surface area contributed by atoms with Gasteiger partial charge in [-0.15, -0.1) is 0 Å². The maximum atomic E-state index is 12.0. The van der Waals surface area contributed by atoms with Crippen LogP contribution in [0.3, 0.4) is 0 Å².